The van der Waals surface area contributed by atoms with Crippen LogP contribution in [0.25, 0.3) is 0 Å². The first-order valence-corrected chi connectivity index (χ1v) is 6.58. The summed E-state index contributed by atoms with van der Waals surface area (Å²) in [6, 6.07) is 4.70. The molecule has 0 aliphatic rings. The SMILES string of the molecule is Nc1nc(OCc2ccc(CNC=O)c(F)c2)cc(C(F)(F)F)n1. The lowest BCUT2D eigenvalue weighted by molar-refractivity contribution is -0.141. The topological polar surface area (TPSA) is 90.1 Å². The molecular weight excluding hydrogens is 332 g/mol. The Kier molecular flexibility index (Phi) is 5.17. The molecule has 1 aromatic heterocycles. The van der Waals surface area contributed by atoms with Crippen molar-refractivity contribution in [1.29, 1.82) is 0 Å². The third-order valence-electron chi connectivity index (χ3n) is 2.89. The van der Waals surface area contributed by atoms with E-state index >= 15 is 0 Å². The number of nitrogen functional groups attached to an aromatic ring is 1. The zero-order chi connectivity index (χ0) is 17.7. The monoisotopic (exact) mass is 344 g/mol. The summed E-state index contributed by atoms with van der Waals surface area (Å²) in [5.74, 6) is -1.54. The number of hydrogen-bond donors (Lipinski definition) is 2. The number of carbonyl (C=O) groups is 1. The normalized spacial score (nSPS) is 11.2. The Morgan fingerprint density at radius 1 is 1.25 bits per heavy atom. The third kappa shape index (κ3) is 4.54. The van der Waals surface area contributed by atoms with Crippen molar-refractivity contribution >= 4 is 12.4 Å². The first-order valence-electron chi connectivity index (χ1n) is 6.58. The molecule has 1 heterocycles. The summed E-state index contributed by atoms with van der Waals surface area (Å²) in [4.78, 5) is 16.8. The lowest BCUT2D eigenvalue weighted by Crippen LogP contribution is -2.12. The summed E-state index contributed by atoms with van der Waals surface area (Å²) in [7, 11) is 0. The number of amides is 1. The number of nitrogens with two attached hydrogens (primary N) is 1. The number of nitrogens with one attached hydrogen (secondary N) is 1. The number of alkyl halides is 3. The average molecular weight is 344 g/mol. The van der Waals surface area contributed by atoms with E-state index in [1.54, 1.807) is 0 Å². The minimum atomic E-state index is -4.69. The van der Waals surface area contributed by atoms with E-state index < -0.39 is 23.6 Å². The van der Waals surface area contributed by atoms with Crippen molar-refractivity contribution in [2.45, 2.75) is 19.3 Å². The number of hydrogen-bond acceptors (Lipinski definition) is 5. The molecule has 0 saturated heterocycles. The Morgan fingerprint density at radius 3 is 2.62 bits per heavy atom. The maximum Gasteiger partial charge on any atom is 0.433 e. The van der Waals surface area contributed by atoms with Crippen LogP contribution in [0.2, 0.25) is 0 Å². The van der Waals surface area contributed by atoms with Crippen LogP contribution in [0.15, 0.2) is 24.3 Å². The summed E-state index contributed by atoms with van der Waals surface area (Å²) in [6.45, 7) is -0.195. The number of halogens is 4. The van der Waals surface area contributed by atoms with Crippen LogP contribution in [0.3, 0.4) is 0 Å². The molecule has 1 aromatic carbocycles. The molecule has 0 spiro atoms. The second kappa shape index (κ2) is 7.11. The molecule has 0 bridgehead atoms. The van der Waals surface area contributed by atoms with Crippen LogP contribution >= 0.6 is 0 Å². The number of anilines is 1. The largest absolute Gasteiger partial charge is 0.473 e. The van der Waals surface area contributed by atoms with Gasteiger partial charge >= 0.3 is 6.18 Å². The zero-order valence-corrected chi connectivity index (χ0v) is 12.1. The van der Waals surface area contributed by atoms with Crippen LogP contribution in [0.4, 0.5) is 23.5 Å². The minimum absolute atomic E-state index is 0.0217. The van der Waals surface area contributed by atoms with E-state index in [4.69, 9.17) is 10.5 Å². The number of ether oxygens (including phenoxy) is 1. The summed E-state index contributed by atoms with van der Waals surface area (Å²) < 4.78 is 56.8. The molecule has 0 atom stereocenters. The van der Waals surface area contributed by atoms with E-state index in [1.165, 1.54) is 12.1 Å². The average Bonchev–Trinajstić information content (AvgIpc) is 2.50. The molecule has 0 aliphatic heterocycles. The van der Waals surface area contributed by atoms with Crippen LogP contribution in [-0.2, 0) is 24.1 Å². The van der Waals surface area contributed by atoms with Gasteiger partial charge in [0.15, 0.2) is 5.69 Å². The molecule has 2 rings (SSSR count). The third-order valence-corrected chi connectivity index (χ3v) is 2.89. The molecule has 10 heteroatoms. The number of benzene rings is 1. The van der Waals surface area contributed by atoms with Crippen molar-refractivity contribution < 1.29 is 27.1 Å². The molecule has 0 fully saturated rings. The number of rotatable bonds is 6. The Balaban J connectivity index is 2.09. The van der Waals surface area contributed by atoms with Gasteiger partial charge in [0.25, 0.3) is 0 Å². The highest BCUT2D eigenvalue weighted by atomic mass is 19.4. The van der Waals surface area contributed by atoms with E-state index in [1.807, 2.05) is 0 Å². The van der Waals surface area contributed by atoms with Gasteiger partial charge in [-0.3, -0.25) is 4.79 Å². The molecule has 0 unspecified atom stereocenters. The Labute approximate surface area is 133 Å². The molecule has 2 aromatic rings. The van der Waals surface area contributed by atoms with E-state index in [0.29, 0.717) is 18.0 Å². The summed E-state index contributed by atoms with van der Waals surface area (Å²) >= 11 is 0. The fourth-order valence-electron chi connectivity index (χ4n) is 1.79. The molecule has 0 saturated carbocycles. The molecule has 0 radical (unpaired) electrons. The van der Waals surface area contributed by atoms with Crippen molar-refractivity contribution in [3.63, 3.8) is 0 Å². The number of nitrogens with zero attached hydrogens (tertiary/aromatic N) is 2. The van der Waals surface area contributed by atoms with Gasteiger partial charge in [-0.05, 0) is 11.6 Å². The fourth-order valence-corrected chi connectivity index (χ4v) is 1.79. The molecule has 3 N–H and O–H groups in total. The highest BCUT2D eigenvalue weighted by Gasteiger charge is 2.33. The van der Waals surface area contributed by atoms with E-state index in [9.17, 15) is 22.4 Å². The van der Waals surface area contributed by atoms with Gasteiger partial charge in [-0.2, -0.15) is 18.2 Å². The van der Waals surface area contributed by atoms with E-state index in [0.717, 1.165) is 6.07 Å². The molecule has 6 nitrogen and oxygen atoms in total. The maximum atomic E-state index is 13.8. The Bertz CT molecular complexity index is 737. The quantitative estimate of drug-likeness (QED) is 0.618. The van der Waals surface area contributed by atoms with Gasteiger partial charge in [0, 0.05) is 18.2 Å². The molecule has 0 aliphatic carbocycles. The van der Waals surface area contributed by atoms with Gasteiger partial charge in [0.2, 0.25) is 18.2 Å². The van der Waals surface area contributed by atoms with E-state index in [2.05, 4.69) is 15.3 Å². The van der Waals surface area contributed by atoms with Crippen molar-refractivity contribution in [1.82, 2.24) is 15.3 Å². The molecule has 24 heavy (non-hydrogen) atoms. The molecule has 1 amide bonds. The van der Waals surface area contributed by atoms with E-state index in [-0.39, 0.29) is 24.6 Å². The second-order valence-corrected chi connectivity index (χ2v) is 4.66. The predicted octanol–water partition coefficient (Wildman–Crippen LogP) is 2.04. The van der Waals surface area contributed by atoms with Crippen LogP contribution in [0, 0.1) is 5.82 Å². The first kappa shape index (κ1) is 17.4. The van der Waals surface area contributed by atoms with Gasteiger partial charge in [-0.15, -0.1) is 0 Å². The van der Waals surface area contributed by atoms with Crippen molar-refractivity contribution in [2.24, 2.45) is 0 Å². The fraction of sp³-hybridized carbons (Fsp3) is 0.214. The van der Waals surface area contributed by atoms with Crippen molar-refractivity contribution in [2.75, 3.05) is 5.73 Å². The Hall–Kier alpha value is -2.91. The second-order valence-electron chi connectivity index (χ2n) is 4.66. The Morgan fingerprint density at radius 2 is 2.00 bits per heavy atom. The molecular formula is C14H12F4N4O2. The lowest BCUT2D eigenvalue weighted by Gasteiger charge is -2.10. The molecule has 128 valence electrons. The smallest absolute Gasteiger partial charge is 0.433 e. The maximum absolute atomic E-state index is 13.8. The van der Waals surface area contributed by atoms with Crippen molar-refractivity contribution in [3.8, 4) is 5.88 Å². The van der Waals surface area contributed by atoms with Gasteiger partial charge in [0.05, 0.1) is 0 Å². The lowest BCUT2D eigenvalue weighted by atomic mass is 10.1. The summed E-state index contributed by atoms with van der Waals surface area (Å²) in [6.07, 6.45) is -4.25. The standard InChI is InChI=1S/C14H12F4N4O2/c15-10-3-8(1-2-9(10)5-20-7-23)6-24-12-4-11(14(16,17)18)21-13(19)22-12/h1-4,7H,5-6H2,(H,20,23)(H2,19,21,22). The van der Waals surface area contributed by atoms with Crippen LogP contribution in [0.1, 0.15) is 16.8 Å². The van der Waals surface area contributed by atoms with Gasteiger partial charge in [-0.25, -0.2) is 9.37 Å². The summed E-state index contributed by atoms with van der Waals surface area (Å²) in [5.41, 5.74) is 4.62. The van der Waals surface area contributed by atoms with Crippen LogP contribution in [-0.4, -0.2) is 16.4 Å². The van der Waals surface area contributed by atoms with Gasteiger partial charge in [0.1, 0.15) is 12.4 Å². The minimum Gasteiger partial charge on any atom is -0.473 e. The number of aromatic nitrogens is 2. The highest BCUT2D eigenvalue weighted by molar-refractivity contribution is 5.46. The summed E-state index contributed by atoms with van der Waals surface area (Å²) in [5, 5.41) is 2.32. The first-order chi connectivity index (χ1) is 11.3. The number of carbonyl (C=O) groups excluding carboxylic acids is 1. The highest BCUT2D eigenvalue weighted by Crippen LogP contribution is 2.30. The van der Waals surface area contributed by atoms with Gasteiger partial charge in [-0.1, -0.05) is 12.1 Å². The van der Waals surface area contributed by atoms with Crippen LogP contribution in [0.5, 0.6) is 5.88 Å². The zero-order valence-electron chi connectivity index (χ0n) is 12.1. The predicted molar refractivity (Wildman–Crippen MR) is 75.1 cm³/mol. The van der Waals surface area contributed by atoms with Crippen LogP contribution < -0.4 is 15.8 Å². The van der Waals surface area contributed by atoms with Gasteiger partial charge < -0.3 is 15.8 Å². The van der Waals surface area contributed by atoms with Crippen molar-refractivity contribution in [3.05, 3.63) is 46.9 Å².